The summed E-state index contributed by atoms with van der Waals surface area (Å²) >= 11 is 0. The molecular formula is C11H18N4. The molecule has 4 nitrogen and oxygen atoms in total. The molecule has 0 spiro atoms. The molecule has 2 atom stereocenters. The van der Waals surface area contributed by atoms with Crippen LogP contribution in [0.3, 0.4) is 0 Å². The summed E-state index contributed by atoms with van der Waals surface area (Å²) in [7, 11) is 0. The minimum atomic E-state index is 0.364. The number of hydrogen-bond acceptors (Lipinski definition) is 4. The van der Waals surface area contributed by atoms with Crippen molar-refractivity contribution in [2.75, 3.05) is 19.6 Å². The zero-order valence-corrected chi connectivity index (χ0v) is 9.35. The Hall–Kier alpha value is -1.00. The average Bonchev–Trinajstić information content (AvgIpc) is 2.29. The first-order valence-electron chi connectivity index (χ1n) is 5.50. The minimum absolute atomic E-state index is 0.364. The standard InChI is InChI=1S/C11H18N4/c1-9-8-15(6-5-13-9)10(2)11-7-12-3-4-14-11/h3-4,7,9-10,13H,5-6,8H2,1-2H3/t9-,10+/m0/s1. The molecule has 2 heterocycles. The quantitative estimate of drug-likeness (QED) is 0.778. The molecule has 0 aliphatic carbocycles. The van der Waals surface area contributed by atoms with Crippen molar-refractivity contribution in [2.45, 2.75) is 25.9 Å². The topological polar surface area (TPSA) is 41.1 Å². The van der Waals surface area contributed by atoms with E-state index in [0.717, 1.165) is 25.3 Å². The zero-order chi connectivity index (χ0) is 10.7. The maximum atomic E-state index is 4.35. The molecule has 1 saturated heterocycles. The second-order valence-electron chi connectivity index (χ2n) is 4.16. The van der Waals surface area contributed by atoms with E-state index < -0.39 is 0 Å². The molecule has 1 aliphatic rings. The fraction of sp³-hybridized carbons (Fsp3) is 0.636. The number of piperazine rings is 1. The average molecular weight is 206 g/mol. The normalized spacial score (nSPS) is 25.1. The summed E-state index contributed by atoms with van der Waals surface area (Å²) in [5.41, 5.74) is 1.06. The Morgan fingerprint density at radius 3 is 3.07 bits per heavy atom. The maximum Gasteiger partial charge on any atom is 0.0755 e. The molecule has 0 unspecified atom stereocenters. The Kier molecular flexibility index (Phi) is 3.28. The van der Waals surface area contributed by atoms with Crippen molar-refractivity contribution < 1.29 is 0 Å². The summed E-state index contributed by atoms with van der Waals surface area (Å²) < 4.78 is 0. The highest BCUT2D eigenvalue weighted by Crippen LogP contribution is 2.18. The number of aromatic nitrogens is 2. The summed E-state index contributed by atoms with van der Waals surface area (Å²) in [5.74, 6) is 0. The Morgan fingerprint density at radius 1 is 1.53 bits per heavy atom. The Balaban J connectivity index is 2.04. The van der Waals surface area contributed by atoms with Gasteiger partial charge in [-0.15, -0.1) is 0 Å². The third-order valence-electron chi connectivity index (χ3n) is 2.96. The van der Waals surface area contributed by atoms with Gasteiger partial charge in [0.2, 0.25) is 0 Å². The van der Waals surface area contributed by atoms with Crippen LogP contribution >= 0.6 is 0 Å². The van der Waals surface area contributed by atoms with Crippen LogP contribution in [0.5, 0.6) is 0 Å². The summed E-state index contributed by atoms with van der Waals surface area (Å²) in [5, 5.41) is 3.44. The first kappa shape index (κ1) is 10.5. The van der Waals surface area contributed by atoms with Gasteiger partial charge in [-0.2, -0.15) is 0 Å². The highest BCUT2D eigenvalue weighted by Gasteiger charge is 2.22. The third kappa shape index (κ3) is 2.52. The van der Waals surface area contributed by atoms with Crippen molar-refractivity contribution in [1.82, 2.24) is 20.2 Å². The van der Waals surface area contributed by atoms with Crippen LogP contribution in [0.15, 0.2) is 18.6 Å². The largest absolute Gasteiger partial charge is 0.312 e. The lowest BCUT2D eigenvalue weighted by Crippen LogP contribution is -2.49. The van der Waals surface area contributed by atoms with Gasteiger partial charge >= 0.3 is 0 Å². The predicted molar refractivity (Wildman–Crippen MR) is 59.5 cm³/mol. The molecule has 82 valence electrons. The fourth-order valence-corrected chi connectivity index (χ4v) is 2.03. The first-order valence-corrected chi connectivity index (χ1v) is 5.50. The fourth-order valence-electron chi connectivity index (χ4n) is 2.03. The van der Waals surface area contributed by atoms with Crippen LogP contribution in [-0.2, 0) is 0 Å². The lowest BCUT2D eigenvalue weighted by atomic mass is 10.1. The van der Waals surface area contributed by atoms with E-state index in [1.165, 1.54) is 0 Å². The molecule has 0 bridgehead atoms. The predicted octanol–water partition coefficient (Wildman–Crippen LogP) is 0.831. The maximum absolute atomic E-state index is 4.35. The van der Waals surface area contributed by atoms with Gasteiger partial charge in [-0.3, -0.25) is 14.9 Å². The summed E-state index contributed by atoms with van der Waals surface area (Å²) in [6, 6.07) is 0.932. The van der Waals surface area contributed by atoms with E-state index in [1.807, 2.05) is 6.20 Å². The molecule has 1 fully saturated rings. The van der Waals surface area contributed by atoms with Crippen LogP contribution in [0.25, 0.3) is 0 Å². The van der Waals surface area contributed by atoms with Gasteiger partial charge in [0.05, 0.1) is 11.7 Å². The van der Waals surface area contributed by atoms with Gasteiger partial charge in [0, 0.05) is 44.3 Å². The molecule has 4 heteroatoms. The van der Waals surface area contributed by atoms with Gasteiger partial charge in [-0.25, -0.2) is 0 Å². The van der Waals surface area contributed by atoms with Crippen LogP contribution in [0.4, 0.5) is 0 Å². The molecule has 1 aromatic heterocycles. The molecule has 0 radical (unpaired) electrons. The van der Waals surface area contributed by atoms with Crippen LogP contribution in [-0.4, -0.2) is 40.5 Å². The molecule has 2 rings (SSSR count). The number of rotatable bonds is 2. The molecular weight excluding hydrogens is 188 g/mol. The molecule has 0 saturated carbocycles. The van der Waals surface area contributed by atoms with Gasteiger partial charge in [0.1, 0.15) is 0 Å². The van der Waals surface area contributed by atoms with Crippen LogP contribution < -0.4 is 5.32 Å². The van der Waals surface area contributed by atoms with Gasteiger partial charge < -0.3 is 5.32 Å². The molecule has 1 aromatic rings. The van der Waals surface area contributed by atoms with Crippen LogP contribution in [0.1, 0.15) is 25.6 Å². The molecule has 1 aliphatic heterocycles. The molecule has 15 heavy (non-hydrogen) atoms. The monoisotopic (exact) mass is 206 g/mol. The highest BCUT2D eigenvalue weighted by atomic mass is 15.2. The van der Waals surface area contributed by atoms with Crippen molar-refractivity contribution in [2.24, 2.45) is 0 Å². The van der Waals surface area contributed by atoms with Gasteiger partial charge in [0.25, 0.3) is 0 Å². The van der Waals surface area contributed by atoms with E-state index in [-0.39, 0.29) is 0 Å². The molecule has 0 amide bonds. The van der Waals surface area contributed by atoms with Crippen LogP contribution in [0.2, 0.25) is 0 Å². The Morgan fingerprint density at radius 2 is 2.40 bits per heavy atom. The zero-order valence-electron chi connectivity index (χ0n) is 9.35. The smallest absolute Gasteiger partial charge is 0.0755 e. The second kappa shape index (κ2) is 4.68. The third-order valence-corrected chi connectivity index (χ3v) is 2.96. The van der Waals surface area contributed by atoms with E-state index in [1.54, 1.807) is 12.4 Å². The number of hydrogen-bond donors (Lipinski definition) is 1. The summed E-state index contributed by atoms with van der Waals surface area (Å²) in [6.07, 6.45) is 5.34. The molecule has 1 N–H and O–H groups in total. The second-order valence-corrected chi connectivity index (χ2v) is 4.16. The van der Waals surface area contributed by atoms with Crippen LogP contribution in [0, 0.1) is 0 Å². The lowest BCUT2D eigenvalue weighted by molar-refractivity contribution is 0.156. The van der Waals surface area contributed by atoms with E-state index in [2.05, 4.69) is 34.0 Å². The molecule has 0 aromatic carbocycles. The van der Waals surface area contributed by atoms with E-state index >= 15 is 0 Å². The number of nitrogens with zero attached hydrogens (tertiary/aromatic N) is 3. The summed E-state index contributed by atoms with van der Waals surface area (Å²) in [4.78, 5) is 10.9. The number of nitrogens with one attached hydrogen (secondary N) is 1. The van der Waals surface area contributed by atoms with E-state index in [9.17, 15) is 0 Å². The van der Waals surface area contributed by atoms with Crippen molar-refractivity contribution in [3.05, 3.63) is 24.3 Å². The summed E-state index contributed by atoms with van der Waals surface area (Å²) in [6.45, 7) is 7.64. The van der Waals surface area contributed by atoms with Gasteiger partial charge in [-0.05, 0) is 13.8 Å². The SMILES string of the molecule is C[C@H](c1cnccn1)N1CCN[C@@H](C)C1. The Bertz CT molecular complexity index is 301. The van der Waals surface area contributed by atoms with Gasteiger partial charge in [-0.1, -0.05) is 0 Å². The van der Waals surface area contributed by atoms with E-state index in [4.69, 9.17) is 0 Å². The van der Waals surface area contributed by atoms with Gasteiger partial charge in [0.15, 0.2) is 0 Å². The van der Waals surface area contributed by atoms with Crippen molar-refractivity contribution >= 4 is 0 Å². The van der Waals surface area contributed by atoms with E-state index in [0.29, 0.717) is 12.1 Å². The van der Waals surface area contributed by atoms with Crippen molar-refractivity contribution in [3.8, 4) is 0 Å². The first-order chi connectivity index (χ1) is 7.27. The highest BCUT2D eigenvalue weighted by molar-refractivity contribution is 5.02. The van der Waals surface area contributed by atoms with Crippen molar-refractivity contribution in [3.63, 3.8) is 0 Å². The lowest BCUT2D eigenvalue weighted by Gasteiger charge is -2.35. The Labute approximate surface area is 90.7 Å². The van der Waals surface area contributed by atoms with Crippen molar-refractivity contribution in [1.29, 1.82) is 0 Å². The minimum Gasteiger partial charge on any atom is -0.312 e.